The zero-order valence-electron chi connectivity index (χ0n) is 13.7. The molecule has 1 saturated heterocycles. The third-order valence-electron chi connectivity index (χ3n) is 4.12. The summed E-state index contributed by atoms with van der Waals surface area (Å²) in [5.74, 6) is 1.44. The predicted molar refractivity (Wildman–Crippen MR) is 85.0 cm³/mol. The van der Waals surface area contributed by atoms with Crippen molar-refractivity contribution in [3.63, 3.8) is 0 Å². The Morgan fingerprint density at radius 3 is 2.91 bits per heavy atom. The molecule has 0 saturated carbocycles. The lowest BCUT2D eigenvalue weighted by atomic mass is 10.2. The SMILES string of the molecule is Cc1cc(CN2C[C@@H](F)C[C@H]2CN(C)c2nccc(C)n2)on1. The van der Waals surface area contributed by atoms with E-state index < -0.39 is 6.17 Å². The fourth-order valence-corrected chi connectivity index (χ4v) is 3.01. The second-order valence-corrected chi connectivity index (χ2v) is 6.23. The summed E-state index contributed by atoms with van der Waals surface area (Å²) in [7, 11) is 1.94. The zero-order valence-corrected chi connectivity index (χ0v) is 13.7. The van der Waals surface area contributed by atoms with Crippen LogP contribution in [-0.2, 0) is 6.54 Å². The first-order chi connectivity index (χ1) is 11.0. The average molecular weight is 319 g/mol. The minimum atomic E-state index is -0.809. The smallest absolute Gasteiger partial charge is 0.225 e. The molecule has 2 aromatic rings. The van der Waals surface area contributed by atoms with Crippen molar-refractivity contribution >= 4 is 5.95 Å². The van der Waals surface area contributed by atoms with E-state index in [0.29, 0.717) is 32.0 Å². The second kappa shape index (κ2) is 6.62. The first-order valence-corrected chi connectivity index (χ1v) is 7.82. The molecule has 0 radical (unpaired) electrons. The monoisotopic (exact) mass is 319 g/mol. The lowest BCUT2D eigenvalue weighted by Gasteiger charge is -2.27. The van der Waals surface area contributed by atoms with Gasteiger partial charge in [0.2, 0.25) is 5.95 Å². The van der Waals surface area contributed by atoms with Crippen molar-refractivity contribution in [1.82, 2.24) is 20.0 Å². The standard InChI is InChI=1S/C16H22FN5O/c1-11-4-5-18-16(19-11)21(3)9-14-7-13(17)8-22(14)10-15-6-12(2)20-23-15/h4-6,13-14H,7-10H2,1-3H3/t13-,14-/m0/s1. The summed E-state index contributed by atoms with van der Waals surface area (Å²) in [6, 6.07) is 3.86. The maximum atomic E-state index is 13.9. The highest BCUT2D eigenvalue weighted by molar-refractivity contribution is 5.29. The van der Waals surface area contributed by atoms with Gasteiger partial charge in [-0.15, -0.1) is 0 Å². The van der Waals surface area contributed by atoms with E-state index in [9.17, 15) is 4.39 Å². The normalized spacial score (nSPS) is 21.7. The average Bonchev–Trinajstić information content (AvgIpc) is 3.05. The number of likely N-dealkylation sites (tertiary alicyclic amines) is 1. The third-order valence-corrected chi connectivity index (χ3v) is 4.12. The number of aromatic nitrogens is 3. The van der Waals surface area contributed by atoms with Gasteiger partial charge in [-0.05, 0) is 26.3 Å². The molecule has 23 heavy (non-hydrogen) atoms. The highest BCUT2D eigenvalue weighted by atomic mass is 19.1. The Morgan fingerprint density at radius 1 is 1.39 bits per heavy atom. The van der Waals surface area contributed by atoms with Crippen LogP contribution in [-0.4, -0.2) is 52.4 Å². The van der Waals surface area contributed by atoms with E-state index >= 15 is 0 Å². The molecule has 1 fully saturated rings. The molecule has 0 N–H and O–H groups in total. The summed E-state index contributed by atoms with van der Waals surface area (Å²) in [6.07, 6.45) is 1.45. The van der Waals surface area contributed by atoms with Gasteiger partial charge < -0.3 is 9.42 Å². The number of alkyl halides is 1. The number of hydrogen-bond donors (Lipinski definition) is 0. The van der Waals surface area contributed by atoms with Crippen LogP contribution in [0.25, 0.3) is 0 Å². The van der Waals surface area contributed by atoms with Crippen LogP contribution in [0.3, 0.4) is 0 Å². The Morgan fingerprint density at radius 2 is 2.22 bits per heavy atom. The topological polar surface area (TPSA) is 58.3 Å². The van der Waals surface area contributed by atoms with Crippen LogP contribution in [0, 0.1) is 13.8 Å². The van der Waals surface area contributed by atoms with Gasteiger partial charge in [0, 0.05) is 44.1 Å². The third kappa shape index (κ3) is 3.85. The fourth-order valence-electron chi connectivity index (χ4n) is 3.01. The summed E-state index contributed by atoms with van der Waals surface area (Å²) in [5, 5.41) is 3.90. The molecule has 0 bridgehead atoms. The molecule has 1 aliphatic rings. The van der Waals surface area contributed by atoms with Crippen molar-refractivity contribution in [1.29, 1.82) is 0 Å². The van der Waals surface area contributed by atoms with Gasteiger partial charge in [0.15, 0.2) is 5.76 Å². The summed E-state index contributed by atoms with van der Waals surface area (Å²) in [6.45, 7) is 5.50. The largest absolute Gasteiger partial charge is 0.360 e. The Balaban J connectivity index is 1.67. The van der Waals surface area contributed by atoms with Crippen LogP contribution in [0.5, 0.6) is 0 Å². The number of rotatable bonds is 5. The summed E-state index contributed by atoms with van der Waals surface area (Å²) in [4.78, 5) is 12.8. The van der Waals surface area contributed by atoms with Gasteiger partial charge in [-0.3, -0.25) is 4.90 Å². The molecule has 0 amide bonds. The number of halogens is 1. The number of anilines is 1. The van der Waals surface area contributed by atoms with E-state index in [0.717, 1.165) is 17.1 Å². The van der Waals surface area contributed by atoms with E-state index in [1.165, 1.54) is 0 Å². The molecule has 0 spiro atoms. The number of aryl methyl sites for hydroxylation is 2. The van der Waals surface area contributed by atoms with Gasteiger partial charge in [0.05, 0.1) is 12.2 Å². The van der Waals surface area contributed by atoms with E-state index in [2.05, 4.69) is 20.0 Å². The van der Waals surface area contributed by atoms with Crippen LogP contribution < -0.4 is 4.90 Å². The Labute approximate surface area is 135 Å². The molecule has 2 aromatic heterocycles. The Bertz CT molecular complexity index is 661. The Hall–Kier alpha value is -2.02. The first kappa shape index (κ1) is 15.9. The lowest BCUT2D eigenvalue weighted by Crippen LogP contribution is -2.39. The number of likely N-dealkylation sites (N-methyl/N-ethyl adjacent to an activating group) is 1. The van der Waals surface area contributed by atoms with Crippen molar-refractivity contribution in [2.45, 2.75) is 39.0 Å². The second-order valence-electron chi connectivity index (χ2n) is 6.23. The Kier molecular flexibility index (Phi) is 4.56. The molecule has 2 atom stereocenters. The number of hydrogen-bond acceptors (Lipinski definition) is 6. The van der Waals surface area contributed by atoms with Crippen LogP contribution >= 0.6 is 0 Å². The summed E-state index contributed by atoms with van der Waals surface area (Å²) < 4.78 is 19.2. The van der Waals surface area contributed by atoms with Crippen molar-refractivity contribution in [2.24, 2.45) is 0 Å². The van der Waals surface area contributed by atoms with Crippen LogP contribution in [0.4, 0.5) is 10.3 Å². The lowest BCUT2D eigenvalue weighted by molar-refractivity contribution is 0.209. The summed E-state index contributed by atoms with van der Waals surface area (Å²) >= 11 is 0. The molecular formula is C16H22FN5O. The first-order valence-electron chi connectivity index (χ1n) is 7.82. The zero-order chi connectivity index (χ0) is 16.4. The summed E-state index contributed by atoms with van der Waals surface area (Å²) in [5.41, 5.74) is 1.77. The highest BCUT2D eigenvalue weighted by Crippen LogP contribution is 2.24. The molecular weight excluding hydrogens is 297 g/mol. The van der Waals surface area contributed by atoms with Crippen LogP contribution in [0.2, 0.25) is 0 Å². The molecule has 0 unspecified atom stereocenters. The van der Waals surface area contributed by atoms with E-state index in [1.807, 2.05) is 37.9 Å². The van der Waals surface area contributed by atoms with Crippen LogP contribution in [0.15, 0.2) is 22.9 Å². The molecule has 3 heterocycles. The van der Waals surface area contributed by atoms with E-state index in [1.54, 1.807) is 6.20 Å². The van der Waals surface area contributed by atoms with Crippen molar-refractivity contribution < 1.29 is 8.91 Å². The highest BCUT2D eigenvalue weighted by Gasteiger charge is 2.33. The van der Waals surface area contributed by atoms with Gasteiger partial charge in [-0.1, -0.05) is 5.16 Å². The quantitative estimate of drug-likeness (QED) is 0.841. The van der Waals surface area contributed by atoms with E-state index in [-0.39, 0.29) is 6.04 Å². The molecule has 6 nitrogen and oxygen atoms in total. The predicted octanol–water partition coefficient (Wildman–Crippen LogP) is 2.13. The van der Waals surface area contributed by atoms with Crippen molar-refractivity contribution in [3.8, 4) is 0 Å². The van der Waals surface area contributed by atoms with E-state index in [4.69, 9.17) is 4.52 Å². The minimum absolute atomic E-state index is 0.101. The molecule has 7 heteroatoms. The van der Waals surface area contributed by atoms with Crippen molar-refractivity contribution in [2.75, 3.05) is 25.0 Å². The molecule has 1 aliphatic heterocycles. The van der Waals surface area contributed by atoms with Crippen LogP contribution in [0.1, 0.15) is 23.6 Å². The van der Waals surface area contributed by atoms with Gasteiger partial charge >= 0.3 is 0 Å². The number of nitrogens with zero attached hydrogens (tertiary/aromatic N) is 5. The molecule has 3 rings (SSSR count). The molecule has 0 aromatic carbocycles. The minimum Gasteiger partial charge on any atom is -0.360 e. The van der Waals surface area contributed by atoms with Gasteiger partial charge in [0.1, 0.15) is 6.17 Å². The van der Waals surface area contributed by atoms with Gasteiger partial charge in [-0.2, -0.15) is 0 Å². The molecule has 124 valence electrons. The van der Waals surface area contributed by atoms with Gasteiger partial charge in [-0.25, -0.2) is 14.4 Å². The molecule has 0 aliphatic carbocycles. The maximum Gasteiger partial charge on any atom is 0.225 e. The van der Waals surface area contributed by atoms with Crippen molar-refractivity contribution in [3.05, 3.63) is 35.5 Å². The van der Waals surface area contributed by atoms with Gasteiger partial charge in [0.25, 0.3) is 0 Å². The maximum absolute atomic E-state index is 13.9. The fraction of sp³-hybridized carbons (Fsp3) is 0.562.